The number of rotatable bonds is 3. The van der Waals surface area contributed by atoms with E-state index in [4.69, 9.17) is 4.74 Å². The highest BCUT2D eigenvalue weighted by Crippen LogP contribution is 2.10. The second kappa shape index (κ2) is 3.53. The summed E-state index contributed by atoms with van der Waals surface area (Å²) in [5.41, 5.74) is 0.965. The normalized spacial score (nSPS) is 10.8. The molecule has 0 bridgehead atoms. The number of methoxy groups -OCH3 is 1. The SMILES string of the molecule is COCCn1ccc2cncnc21. The van der Waals surface area contributed by atoms with Crippen molar-refractivity contribution in [3.63, 3.8) is 0 Å². The van der Waals surface area contributed by atoms with E-state index in [0.717, 1.165) is 17.6 Å². The van der Waals surface area contributed by atoms with Crippen LogP contribution in [0.2, 0.25) is 0 Å². The van der Waals surface area contributed by atoms with E-state index < -0.39 is 0 Å². The van der Waals surface area contributed by atoms with Crippen LogP contribution in [0.3, 0.4) is 0 Å². The van der Waals surface area contributed by atoms with Crippen LogP contribution in [0.25, 0.3) is 11.0 Å². The van der Waals surface area contributed by atoms with E-state index in [1.807, 2.05) is 18.5 Å². The van der Waals surface area contributed by atoms with E-state index >= 15 is 0 Å². The molecule has 0 atom stereocenters. The minimum Gasteiger partial charge on any atom is -0.383 e. The van der Waals surface area contributed by atoms with Crippen molar-refractivity contribution < 1.29 is 4.74 Å². The Balaban J connectivity index is 2.35. The van der Waals surface area contributed by atoms with Gasteiger partial charge in [-0.25, -0.2) is 9.97 Å². The molecular formula is C9H11N3O. The van der Waals surface area contributed by atoms with Crippen LogP contribution in [0.15, 0.2) is 24.8 Å². The summed E-state index contributed by atoms with van der Waals surface area (Å²) in [6, 6.07) is 2.00. The van der Waals surface area contributed by atoms with Crippen molar-refractivity contribution in [1.82, 2.24) is 14.5 Å². The molecule has 0 fully saturated rings. The van der Waals surface area contributed by atoms with Gasteiger partial charge in [0.25, 0.3) is 0 Å². The lowest BCUT2D eigenvalue weighted by atomic mass is 10.4. The smallest absolute Gasteiger partial charge is 0.143 e. The standard InChI is InChI=1S/C9H11N3O/c1-13-5-4-12-3-2-8-6-10-7-11-9(8)12/h2-3,6-7H,4-5H2,1H3. The molecule has 0 saturated heterocycles. The van der Waals surface area contributed by atoms with Crippen LogP contribution < -0.4 is 0 Å². The summed E-state index contributed by atoms with van der Waals surface area (Å²) in [5.74, 6) is 0. The van der Waals surface area contributed by atoms with Crippen molar-refractivity contribution >= 4 is 11.0 Å². The van der Waals surface area contributed by atoms with Gasteiger partial charge in [0.2, 0.25) is 0 Å². The Hall–Kier alpha value is -1.42. The lowest BCUT2D eigenvalue weighted by Crippen LogP contribution is -2.03. The van der Waals surface area contributed by atoms with Crippen LogP contribution >= 0.6 is 0 Å². The fraction of sp³-hybridized carbons (Fsp3) is 0.333. The van der Waals surface area contributed by atoms with E-state index in [-0.39, 0.29) is 0 Å². The number of aromatic nitrogens is 3. The molecule has 0 radical (unpaired) electrons. The van der Waals surface area contributed by atoms with Gasteiger partial charge in [0, 0.05) is 31.4 Å². The molecule has 13 heavy (non-hydrogen) atoms. The molecule has 0 unspecified atom stereocenters. The molecule has 0 spiro atoms. The summed E-state index contributed by atoms with van der Waals surface area (Å²) >= 11 is 0. The predicted molar refractivity (Wildman–Crippen MR) is 49.4 cm³/mol. The summed E-state index contributed by atoms with van der Waals surface area (Å²) < 4.78 is 7.06. The average Bonchev–Trinajstić information content (AvgIpc) is 2.58. The van der Waals surface area contributed by atoms with Crippen LogP contribution in [-0.2, 0) is 11.3 Å². The lowest BCUT2D eigenvalue weighted by Gasteiger charge is -2.02. The van der Waals surface area contributed by atoms with Gasteiger partial charge >= 0.3 is 0 Å². The molecule has 4 heteroatoms. The zero-order valence-corrected chi connectivity index (χ0v) is 7.47. The van der Waals surface area contributed by atoms with Gasteiger partial charge in [-0.15, -0.1) is 0 Å². The summed E-state index contributed by atoms with van der Waals surface area (Å²) in [4.78, 5) is 8.14. The largest absolute Gasteiger partial charge is 0.383 e. The highest BCUT2D eigenvalue weighted by molar-refractivity contribution is 5.74. The first kappa shape index (κ1) is 8.19. The molecule has 0 N–H and O–H groups in total. The van der Waals surface area contributed by atoms with Gasteiger partial charge in [0.15, 0.2) is 0 Å². The second-order valence-corrected chi connectivity index (χ2v) is 2.80. The Bertz CT molecular complexity index is 396. The van der Waals surface area contributed by atoms with Crippen molar-refractivity contribution in [2.75, 3.05) is 13.7 Å². The molecule has 2 heterocycles. The first-order valence-corrected chi connectivity index (χ1v) is 4.15. The third-order valence-electron chi connectivity index (χ3n) is 1.96. The van der Waals surface area contributed by atoms with Crippen molar-refractivity contribution in [2.45, 2.75) is 6.54 Å². The van der Waals surface area contributed by atoms with Gasteiger partial charge in [-0.3, -0.25) is 0 Å². The predicted octanol–water partition coefficient (Wildman–Crippen LogP) is 1.08. The summed E-state index contributed by atoms with van der Waals surface area (Å²) in [5, 5.41) is 1.07. The molecule has 0 aromatic carbocycles. The van der Waals surface area contributed by atoms with Gasteiger partial charge < -0.3 is 9.30 Å². The monoisotopic (exact) mass is 177 g/mol. The molecule has 4 nitrogen and oxygen atoms in total. The summed E-state index contributed by atoms with van der Waals surface area (Å²) in [7, 11) is 1.70. The molecule has 0 aliphatic rings. The third-order valence-corrected chi connectivity index (χ3v) is 1.96. The Morgan fingerprint density at radius 3 is 3.31 bits per heavy atom. The Kier molecular flexibility index (Phi) is 2.23. The molecule has 2 aromatic rings. The van der Waals surface area contributed by atoms with Crippen molar-refractivity contribution in [3.8, 4) is 0 Å². The molecule has 0 amide bonds. The summed E-state index contributed by atoms with van der Waals surface area (Å²) in [6.07, 6.45) is 5.37. The molecule has 2 rings (SSSR count). The van der Waals surface area contributed by atoms with Gasteiger partial charge in [0.05, 0.1) is 6.61 Å². The number of hydrogen-bond donors (Lipinski definition) is 0. The van der Waals surface area contributed by atoms with E-state index in [0.29, 0.717) is 6.61 Å². The van der Waals surface area contributed by atoms with Crippen molar-refractivity contribution in [1.29, 1.82) is 0 Å². The maximum atomic E-state index is 5.00. The fourth-order valence-electron chi connectivity index (χ4n) is 1.30. The minimum absolute atomic E-state index is 0.702. The highest BCUT2D eigenvalue weighted by Gasteiger charge is 2.00. The molecule has 0 aliphatic carbocycles. The van der Waals surface area contributed by atoms with Crippen LogP contribution in [0, 0.1) is 0 Å². The third kappa shape index (κ3) is 1.53. The molecule has 0 saturated carbocycles. The maximum absolute atomic E-state index is 5.00. The quantitative estimate of drug-likeness (QED) is 0.704. The first-order chi connectivity index (χ1) is 6.42. The van der Waals surface area contributed by atoms with Crippen LogP contribution in [0.1, 0.15) is 0 Å². The zero-order chi connectivity index (χ0) is 9.10. The van der Waals surface area contributed by atoms with Gasteiger partial charge in [-0.2, -0.15) is 0 Å². The van der Waals surface area contributed by atoms with Gasteiger partial charge in [0.1, 0.15) is 12.0 Å². The Morgan fingerprint density at radius 2 is 2.46 bits per heavy atom. The number of ether oxygens (including phenoxy) is 1. The van der Waals surface area contributed by atoms with Crippen molar-refractivity contribution in [3.05, 3.63) is 24.8 Å². The topological polar surface area (TPSA) is 39.9 Å². The van der Waals surface area contributed by atoms with Crippen LogP contribution in [0.5, 0.6) is 0 Å². The first-order valence-electron chi connectivity index (χ1n) is 4.15. The minimum atomic E-state index is 0.702. The number of hydrogen-bond acceptors (Lipinski definition) is 3. The molecule has 0 aliphatic heterocycles. The van der Waals surface area contributed by atoms with E-state index in [1.165, 1.54) is 0 Å². The van der Waals surface area contributed by atoms with E-state index in [1.54, 1.807) is 13.4 Å². The molecule has 68 valence electrons. The molecular weight excluding hydrogens is 166 g/mol. The van der Waals surface area contributed by atoms with Gasteiger partial charge in [-0.05, 0) is 6.07 Å². The zero-order valence-electron chi connectivity index (χ0n) is 7.47. The van der Waals surface area contributed by atoms with Crippen molar-refractivity contribution in [2.24, 2.45) is 0 Å². The molecule has 2 aromatic heterocycles. The fourth-order valence-corrected chi connectivity index (χ4v) is 1.30. The summed E-state index contributed by atoms with van der Waals surface area (Å²) in [6.45, 7) is 1.53. The Morgan fingerprint density at radius 1 is 1.54 bits per heavy atom. The average molecular weight is 177 g/mol. The lowest BCUT2D eigenvalue weighted by molar-refractivity contribution is 0.188. The highest BCUT2D eigenvalue weighted by atomic mass is 16.5. The van der Waals surface area contributed by atoms with E-state index in [9.17, 15) is 0 Å². The number of fused-ring (bicyclic) bond motifs is 1. The Labute approximate surface area is 76.2 Å². The van der Waals surface area contributed by atoms with Crippen LogP contribution in [-0.4, -0.2) is 28.3 Å². The second-order valence-electron chi connectivity index (χ2n) is 2.80. The van der Waals surface area contributed by atoms with Gasteiger partial charge in [-0.1, -0.05) is 0 Å². The number of nitrogens with zero attached hydrogens (tertiary/aromatic N) is 3. The van der Waals surface area contributed by atoms with E-state index in [2.05, 4.69) is 14.5 Å². The van der Waals surface area contributed by atoms with Crippen LogP contribution in [0.4, 0.5) is 0 Å². The maximum Gasteiger partial charge on any atom is 0.143 e.